The summed E-state index contributed by atoms with van der Waals surface area (Å²) in [6.45, 7) is 4.90. The van der Waals surface area contributed by atoms with Crippen molar-refractivity contribution >= 4 is 21.6 Å². The average Bonchev–Trinajstić information content (AvgIpc) is 2.69. The third-order valence-corrected chi connectivity index (χ3v) is 6.72. The molecule has 1 fully saturated rings. The van der Waals surface area contributed by atoms with Crippen LogP contribution in [0.1, 0.15) is 39.0 Å². The molecule has 156 valence electrons. The number of fused-ring (bicyclic) bond motifs is 1. The van der Waals surface area contributed by atoms with E-state index in [4.69, 9.17) is 4.74 Å². The van der Waals surface area contributed by atoms with Crippen LogP contribution in [0.2, 0.25) is 0 Å². The number of carbonyl (C=O) groups is 1. The summed E-state index contributed by atoms with van der Waals surface area (Å²) in [6, 6.07) is 7.56. The fraction of sp³-hybridized carbons (Fsp3) is 0.650. The molecular formula is C20H31N3O4S. The van der Waals surface area contributed by atoms with Crippen LogP contribution in [0, 0.1) is 0 Å². The number of carbonyl (C=O) groups excluding carboxylic acids is 1. The minimum Gasteiger partial charge on any atom is -0.476 e. The molecule has 1 aromatic carbocycles. The molecule has 28 heavy (non-hydrogen) atoms. The van der Waals surface area contributed by atoms with E-state index < -0.39 is 16.1 Å². The molecule has 0 bridgehead atoms. The predicted molar refractivity (Wildman–Crippen MR) is 110 cm³/mol. The van der Waals surface area contributed by atoms with Crippen molar-refractivity contribution in [2.24, 2.45) is 0 Å². The van der Waals surface area contributed by atoms with Crippen molar-refractivity contribution in [1.29, 1.82) is 0 Å². The van der Waals surface area contributed by atoms with Gasteiger partial charge in [-0.3, -0.25) is 9.10 Å². The topological polar surface area (TPSA) is 79.0 Å². The van der Waals surface area contributed by atoms with Gasteiger partial charge in [-0.2, -0.15) is 0 Å². The van der Waals surface area contributed by atoms with E-state index in [1.165, 1.54) is 30.0 Å². The molecule has 1 amide bonds. The van der Waals surface area contributed by atoms with Crippen molar-refractivity contribution in [2.45, 2.75) is 51.2 Å². The fourth-order valence-corrected chi connectivity index (χ4v) is 4.99. The number of amides is 1. The van der Waals surface area contributed by atoms with Crippen LogP contribution in [0.25, 0.3) is 0 Å². The van der Waals surface area contributed by atoms with Crippen molar-refractivity contribution < 1.29 is 17.9 Å². The maximum absolute atomic E-state index is 12.6. The Kier molecular flexibility index (Phi) is 6.82. The van der Waals surface area contributed by atoms with Gasteiger partial charge in [-0.1, -0.05) is 25.5 Å². The van der Waals surface area contributed by atoms with Gasteiger partial charge >= 0.3 is 0 Å². The number of para-hydroxylation sites is 2. The summed E-state index contributed by atoms with van der Waals surface area (Å²) in [4.78, 5) is 15.1. The highest BCUT2D eigenvalue weighted by Crippen LogP contribution is 2.34. The lowest BCUT2D eigenvalue weighted by Gasteiger charge is -2.35. The summed E-state index contributed by atoms with van der Waals surface area (Å²) >= 11 is 0. The Labute approximate surface area is 168 Å². The molecule has 7 nitrogen and oxygen atoms in total. The molecule has 2 aliphatic rings. The predicted octanol–water partition coefficient (Wildman–Crippen LogP) is 1.98. The van der Waals surface area contributed by atoms with Gasteiger partial charge in [-0.25, -0.2) is 8.42 Å². The molecule has 2 heterocycles. The highest BCUT2D eigenvalue weighted by atomic mass is 32.2. The van der Waals surface area contributed by atoms with E-state index in [0.29, 0.717) is 24.0 Å². The Balaban J connectivity index is 1.53. The quantitative estimate of drug-likeness (QED) is 0.697. The molecule has 2 atom stereocenters. The van der Waals surface area contributed by atoms with Crippen LogP contribution in [0.5, 0.6) is 5.75 Å². The maximum Gasteiger partial charge on any atom is 0.263 e. The largest absolute Gasteiger partial charge is 0.476 e. The number of nitrogens with one attached hydrogen (secondary N) is 1. The highest BCUT2D eigenvalue weighted by molar-refractivity contribution is 7.92. The molecule has 0 aromatic heterocycles. The zero-order valence-corrected chi connectivity index (χ0v) is 17.6. The maximum atomic E-state index is 12.6. The molecule has 0 spiro atoms. The molecule has 0 radical (unpaired) electrons. The smallest absolute Gasteiger partial charge is 0.263 e. The Morgan fingerprint density at radius 2 is 2.07 bits per heavy atom. The summed E-state index contributed by atoms with van der Waals surface area (Å²) in [5, 5.41) is 2.92. The second-order valence-corrected chi connectivity index (χ2v) is 9.51. The van der Waals surface area contributed by atoms with Crippen LogP contribution in [-0.2, 0) is 14.8 Å². The first-order valence-electron chi connectivity index (χ1n) is 10.2. The van der Waals surface area contributed by atoms with E-state index in [1.807, 2.05) is 0 Å². The molecule has 1 aromatic rings. The summed E-state index contributed by atoms with van der Waals surface area (Å²) in [5.41, 5.74) is 0.477. The first kappa shape index (κ1) is 20.9. The van der Waals surface area contributed by atoms with Gasteiger partial charge in [0.1, 0.15) is 5.75 Å². The fourth-order valence-electron chi connectivity index (χ4n) is 4.08. The van der Waals surface area contributed by atoms with Gasteiger partial charge in [-0.15, -0.1) is 0 Å². The van der Waals surface area contributed by atoms with Crippen LogP contribution in [-0.4, -0.2) is 63.8 Å². The lowest BCUT2D eigenvalue weighted by Crippen LogP contribution is -2.50. The van der Waals surface area contributed by atoms with Crippen LogP contribution in [0.3, 0.4) is 0 Å². The second-order valence-electron chi connectivity index (χ2n) is 7.61. The van der Waals surface area contributed by atoms with Crippen molar-refractivity contribution in [3.8, 4) is 5.75 Å². The number of benzene rings is 1. The van der Waals surface area contributed by atoms with E-state index in [-0.39, 0.29) is 12.5 Å². The number of sulfonamides is 1. The van der Waals surface area contributed by atoms with Crippen molar-refractivity contribution in [2.75, 3.05) is 36.7 Å². The molecular weight excluding hydrogens is 378 g/mol. The number of rotatable bonds is 7. The monoisotopic (exact) mass is 409 g/mol. The van der Waals surface area contributed by atoms with E-state index in [1.54, 1.807) is 24.3 Å². The van der Waals surface area contributed by atoms with E-state index in [9.17, 15) is 13.2 Å². The third kappa shape index (κ3) is 4.97. The number of piperidine rings is 1. The lowest BCUT2D eigenvalue weighted by molar-refractivity contribution is -0.127. The molecule has 1 N–H and O–H groups in total. The van der Waals surface area contributed by atoms with Gasteiger partial charge in [0.15, 0.2) is 6.10 Å². The van der Waals surface area contributed by atoms with Gasteiger partial charge in [0.2, 0.25) is 10.0 Å². The minimum atomic E-state index is -3.49. The van der Waals surface area contributed by atoms with Gasteiger partial charge in [0.25, 0.3) is 5.91 Å². The second kappa shape index (κ2) is 9.13. The van der Waals surface area contributed by atoms with Gasteiger partial charge < -0.3 is 15.0 Å². The van der Waals surface area contributed by atoms with Crippen molar-refractivity contribution in [3.05, 3.63) is 24.3 Å². The molecule has 1 saturated heterocycles. The number of hydrogen-bond donors (Lipinski definition) is 1. The molecule has 3 rings (SSSR count). The Morgan fingerprint density at radius 3 is 2.82 bits per heavy atom. The minimum absolute atomic E-state index is 0.00822. The van der Waals surface area contributed by atoms with Crippen LogP contribution in [0.4, 0.5) is 5.69 Å². The zero-order chi connectivity index (χ0) is 20.1. The Bertz CT molecular complexity index is 783. The van der Waals surface area contributed by atoms with Crippen molar-refractivity contribution in [3.63, 3.8) is 0 Å². The van der Waals surface area contributed by atoms with Crippen LogP contribution in [0.15, 0.2) is 24.3 Å². The van der Waals surface area contributed by atoms with Crippen LogP contribution >= 0.6 is 0 Å². The van der Waals surface area contributed by atoms with Crippen LogP contribution < -0.4 is 14.4 Å². The zero-order valence-electron chi connectivity index (χ0n) is 16.8. The number of nitrogens with zero attached hydrogens (tertiary/aromatic N) is 2. The van der Waals surface area contributed by atoms with E-state index in [0.717, 1.165) is 25.8 Å². The summed E-state index contributed by atoms with van der Waals surface area (Å²) in [6.07, 6.45) is 6.17. The molecule has 2 unspecified atom stereocenters. The summed E-state index contributed by atoms with van der Waals surface area (Å²) in [7, 11) is -3.49. The van der Waals surface area contributed by atoms with Crippen molar-refractivity contribution in [1.82, 2.24) is 10.2 Å². The average molecular weight is 410 g/mol. The van der Waals surface area contributed by atoms with Gasteiger partial charge in [0, 0.05) is 19.1 Å². The first-order chi connectivity index (χ1) is 13.4. The standard InChI is InChI=1S/C20H31N3O4S/c1-3-16-9-6-7-13-22(16)14-8-12-21-20(24)19-15-23(28(2,25)26)17-10-4-5-11-18(17)27-19/h4-5,10-11,16,19H,3,6-9,12-15H2,1-2H3,(H,21,24). The molecule has 0 saturated carbocycles. The summed E-state index contributed by atoms with van der Waals surface area (Å²) < 4.78 is 31.3. The van der Waals surface area contributed by atoms with E-state index >= 15 is 0 Å². The normalized spacial score (nSPS) is 23.0. The highest BCUT2D eigenvalue weighted by Gasteiger charge is 2.34. The number of ether oxygens (including phenoxy) is 1. The summed E-state index contributed by atoms with van der Waals surface area (Å²) in [5.74, 6) is 0.146. The molecule has 2 aliphatic heterocycles. The number of hydrogen-bond acceptors (Lipinski definition) is 5. The van der Waals surface area contributed by atoms with E-state index in [2.05, 4.69) is 17.1 Å². The molecule has 0 aliphatic carbocycles. The van der Waals surface area contributed by atoms with Gasteiger partial charge in [0.05, 0.1) is 18.5 Å². The van der Waals surface area contributed by atoms with Gasteiger partial charge in [-0.05, 0) is 44.4 Å². The number of likely N-dealkylation sites (tertiary alicyclic amines) is 1. The SMILES string of the molecule is CCC1CCCCN1CCCNC(=O)C1CN(S(C)(=O)=O)c2ccccc2O1. The third-order valence-electron chi connectivity index (χ3n) is 5.57. The Morgan fingerprint density at radius 1 is 1.29 bits per heavy atom. The lowest BCUT2D eigenvalue weighted by atomic mass is 10.00. The Hall–Kier alpha value is -1.80. The first-order valence-corrected chi connectivity index (χ1v) is 12.0. The molecule has 8 heteroatoms. The number of anilines is 1.